The number of unbranched alkanes of at least 4 members (excludes halogenated alkanes) is 2. The van der Waals surface area contributed by atoms with Gasteiger partial charge in [-0.1, -0.05) is 76.1 Å². The van der Waals surface area contributed by atoms with Crippen LogP contribution in [0.2, 0.25) is 0 Å². The predicted octanol–water partition coefficient (Wildman–Crippen LogP) is 5.04. The molecule has 2 aromatic carbocycles. The van der Waals surface area contributed by atoms with Crippen LogP contribution < -0.4 is 5.32 Å². The second-order valence-corrected chi connectivity index (χ2v) is 7.77. The van der Waals surface area contributed by atoms with Gasteiger partial charge in [-0.05, 0) is 35.1 Å². The van der Waals surface area contributed by atoms with Gasteiger partial charge in [-0.25, -0.2) is 4.79 Å². The van der Waals surface area contributed by atoms with Gasteiger partial charge in [0.25, 0.3) is 0 Å². The van der Waals surface area contributed by atoms with E-state index < -0.39 is 6.04 Å². The first-order valence-corrected chi connectivity index (χ1v) is 10.4. The maximum atomic E-state index is 12.7. The highest BCUT2D eigenvalue weighted by molar-refractivity contribution is 5.88. The lowest BCUT2D eigenvalue weighted by Crippen LogP contribution is -2.43. The molecule has 0 saturated carbocycles. The molecule has 0 aliphatic heterocycles. The van der Waals surface area contributed by atoms with Crippen molar-refractivity contribution in [3.05, 3.63) is 48.0 Å². The fourth-order valence-corrected chi connectivity index (χ4v) is 3.20. The summed E-state index contributed by atoms with van der Waals surface area (Å²) in [6, 6.07) is 13.5. The molecule has 1 atom stereocenters. The van der Waals surface area contributed by atoms with E-state index in [0.29, 0.717) is 25.4 Å². The lowest BCUT2D eigenvalue weighted by atomic mass is 9.98. The number of nitrogens with one attached hydrogen (secondary N) is 1. The fourth-order valence-electron chi connectivity index (χ4n) is 3.20. The van der Waals surface area contributed by atoms with Crippen LogP contribution in [0.3, 0.4) is 0 Å². The van der Waals surface area contributed by atoms with E-state index in [9.17, 15) is 9.59 Å². The summed E-state index contributed by atoms with van der Waals surface area (Å²) in [6.45, 7) is 6.69. The Bertz CT molecular complexity index is 764. The van der Waals surface area contributed by atoms with Gasteiger partial charge < -0.3 is 10.1 Å². The lowest BCUT2D eigenvalue weighted by molar-refractivity contribution is -0.148. The normalized spacial score (nSPS) is 12.1. The molecule has 0 heterocycles. The minimum absolute atomic E-state index is 0.0931. The number of esters is 1. The molecular weight excluding hydrogens is 350 g/mol. The maximum absolute atomic E-state index is 12.7. The molecule has 1 unspecified atom stereocenters. The number of carbonyl (C=O) groups is 2. The van der Waals surface area contributed by atoms with Crippen LogP contribution in [0.1, 0.15) is 58.4 Å². The average Bonchev–Trinajstić information content (AvgIpc) is 2.69. The van der Waals surface area contributed by atoms with Crippen molar-refractivity contribution in [3.8, 4) is 0 Å². The highest BCUT2D eigenvalue weighted by atomic mass is 16.5. The van der Waals surface area contributed by atoms with Gasteiger partial charge in [-0.15, -0.1) is 0 Å². The second-order valence-electron chi connectivity index (χ2n) is 7.77. The van der Waals surface area contributed by atoms with E-state index in [1.165, 1.54) is 0 Å². The Morgan fingerprint density at radius 1 is 1.04 bits per heavy atom. The number of ether oxygens (including phenoxy) is 1. The third-order valence-electron chi connectivity index (χ3n) is 4.86. The molecule has 152 valence electrons. The van der Waals surface area contributed by atoms with Gasteiger partial charge >= 0.3 is 5.97 Å². The number of hydrogen-bond acceptors (Lipinski definition) is 3. The summed E-state index contributed by atoms with van der Waals surface area (Å²) in [5, 5.41) is 5.14. The number of benzene rings is 2. The standard InChI is InChI=1S/C24H33NO3/c1-4-5-8-16-28-24(27)22(25-23(26)15-14-18(2)3)17-20-12-9-11-19-10-6-7-13-21(19)20/h6-7,9-13,18,22H,4-5,8,14-17H2,1-3H3,(H,25,26). The van der Waals surface area contributed by atoms with Crippen LogP contribution in [0.5, 0.6) is 0 Å². The Morgan fingerprint density at radius 3 is 2.54 bits per heavy atom. The Kier molecular flexibility index (Phi) is 8.99. The SMILES string of the molecule is CCCCCOC(=O)C(Cc1cccc2ccccc12)NC(=O)CCC(C)C. The fraction of sp³-hybridized carbons (Fsp3) is 0.500. The summed E-state index contributed by atoms with van der Waals surface area (Å²) in [5.74, 6) is 0.00893. The van der Waals surface area contributed by atoms with E-state index in [1.807, 2.05) is 24.3 Å². The van der Waals surface area contributed by atoms with E-state index in [2.05, 4.69) is 44.3 Å². The summed E-state index contributed by atoms with van der Waals surface area (Å²) in [4.78, 5) is 25.1. The van der Waals surface area contributed by atoms with Crippen molar-refractivity contribution in [3.63, 3.8) is 0 Å². The van der Waals surface area contributed by atoms with Crippen molar-refractivity contribution < 1.29 is 14.3 Å². The highest BCUT2D eigenvalue weighted by Gasteiger charge is 2.23. The van der Waals surface area contributed by atoms with Crippen LogP contribution in [0.25, 0.3) is 10.8 Å². The summed E-state index contributed by atoms with van der Waals surface area (Å²) in [7, 11) is 0. The summed E-state index contributed by atoms with van der Waals surface area (Å²) < 4.78 is 5.46. The van der Waals surface area contributed by atoms with Crippen LogP contribution in [0.4, 0.5) is 0 Å². The molecule has 0 aromatic heterocycles. The Morgan fingerprint density at radius 2 is 1.79 bits per heavy atom. The summed E-state index contributed by atoms with van der Waals surface area (Å²) >= 11 is 0. The van der Waals surface area contributed by atoms with Crippen molar-refractivity contribution in [1.29, 1.82) is 0 Å². The Balaban J connectivity index is 2.12. The quantitative estimate of drug-likeness (QED) is 0.437. The van der Waals surface area contributed by atoms with Gasteiger partial charge in [0.15, 0.2) is 0 Å². The molecule has 0 spiro atoms. The van der Waals surface area contributed by atoms with E-state index in [0.717, 1.165) is 42.0 Å². The van der Waals surface area contributed by atoms with Gasteiger partial charge in [-0.3, -0.25) is 4.79 Å². The van der Waals surface area contributed by atoms with Gasteiger partial charge in [0.1, 0.15) is 6.04 Å². The van der Waals surface area contributed by atoms with Crippen LogP contribution in [0, 0.1) is 5.92 Å². The first-order valence-electron chi connectivity index (χ1n) is 10.4. The van der Waals surface area contributed by atoms with Gasteiger partial charge in [0, 0.05) is 12.8 Å². The molecule has 1 N–H and O–H groups in total. The molecule has 0 saturated heterocycles. The van der Waals surface area contributed by atoms with Crippen LogP contribution >= 0.6 is 0 Å². The second kappa shape index (κ2) is 11.5. The van der Waals surface area contributed by atoms with Crippen molar-refractivity contribution in [2.45, 2.75) is 65.3 Å². The smallest absolute Gasteiger partial charge is 0.328 e. The molecule has 0 aliphatic rings. The zero-order valence-electron chi connectivity index (χ0n) is 17.4. The maximum Gasteiger partial charge on any atom is 0.328 e. The van der Waals surface area contributed by atoms with Gasteiger partial charge in [-0.2, -0.15) is 0 Å². The zero-order valence-corrected chi connectivity index (χ0v) is 17.4. The highest BCUT2D eigenvalue weighted by Crippen LogP contribution is 2.20. The minimum Gasteiger partial charge on any atom is -0.464 e. The molecular formula is C24H33NO3. The van der Waals surface area contributed by atoms with E-state index in [4.69, 9.17) is 4.74 Å². The van der Waals surface area contributed by atoms with Gasteiger partial charge in [0.2, 0.25) is 5.91 Å². The molecule has 4 nitrogen and oxygen atoms in total. The summed E-state index contributed by atoms with van der Waals surface area (Å²) in [6.07, 6.45) is 4.61. The molecule has 0 fully saturated rings. The first kappa shape index (κ1) is 21.9. The topological polar surface area (TPSA) is 55.4 Å². The van der Waals surface area contributed by atoms with E-state index in [-0.39, 0.29) is 11.9 Å². The monoisotopic (exact) mass is 383 g/mol. The largest absolute Gasteiger partial charge is 0.464 e. The molecule has 28 heavy (non-hydrogen) atoms. The molecule has 2 rings (SSSR count). The molecule has 0 radical (unpaired) electrons. The van der Waals surface area contributed by atoms with Crippen molar-refractivity contribution >= 4 is 22.6 Å². The van der Waals surface area contributed by atoms with E-state index in [1.54, 1.807) is 0 Å². The number of carbonyl (C=O) groups excluding carboxylic acids is 2. The number of rotatable bonds is 11. The molecule has 1 amide bonds. The Hall–Kier alpha value is -2.36. The lowest BCUT2D eigenvalue weighted by Gasteiger charge is -2.19. The van der Waals surface area contributed by atoms with Crippen LogP contribution in [0.15, 0.2) is 42.5 Å². The first-order chi connectivity index (χ1) is 13.5. The third kappa shape index (κ3) is 6.99. The minimum atomic E-state index is -0.660. The van der Waals surface area contributed by atoms with E-state index >= 15 is 0 Å². The number of amides is 1. The van der Waals surface area contributed by atoms with Crippen molar-refractivity contribution in [1.82, 2.24) is 5.32 Å². The van der Waals surface area contributed by atoms with Crippen LogP contribution in [-0.2, 0) is 20.7 Å². The van der Waals surface area contributed by atoms with Crippen LogP contribution in [-0.4, -0.2) is 24.5 Å². The van der Waals surface area contributed by atoms with Crippen molar-refractivity contribution in [2.24, 2.45) is 5.92 Å². The van der Waals surface area contributed by atoms with Crippen molar-refractivity contribution in [2.75, 3.05) is 6.61 Å². The average molecular weight is 384 g/mol. The number of fused-ring (bicyclic) bond motifs is 1. The third-order valence-corrected chi connectivity index (χ3v) is 4.86. The zero-order chi connectivity index (χ0) is 20.4. The molecule has 0 aliphatic carbocycles. The molecule has 2 aromatic rings. The summed E-state index contributed by atoms with van der Waals surface area (Å²) in [5.41, 5.74) is 1.04. The molecule has 0 bridgehead atoms. The predicted molar refractivity (Wildman–Crippen MR) is 114 cm³/mol. The molecule has 4 heteroatoms. The van der Waals surface area contributed by atoms with Gasteiger partial charge in [0.05, 0.1) is 6.61 Å². The number of hydrogen-bond donors (Lipinski definition) is 1. The Labute approximate surface area is 168 Å².